The Kier molecular flexibility index (Phi) is 7.99. The normalized spacial score (nSPS) is 11.1. The number of aromatic hydroxyl groups is 1. The quantitative estimate of drug-likeness (QED) is 0.294. The number of benzene rings is 2. The lowest BCUT2D eigenvalue weighted by Gasteiger charge is -2.10. The summed E-state index contributed by atoms with van der Waals surface area (Å²) in [5, 5.41) is 9.04. The third-order valence-electron chi connectivity index (χ3n) is 3.70. The van der Waals surface area contributed by atoms with Gasteiger partial charge in [0.15, 0.2) is 11.5 Å². The van der Waals surface area contributed by atoms with Crippen LogP contribution in [0.1, 0.15) is 0 Å². The van der Waals surface area contributed by atoms with Crippen LogP contribution in [0.4, 0.5) is 13.2 Å². The zero-order chi connectivity index (χ0) is 25.3. The van der Waals surface area contributed by atoms with E-state index in [-0.39, 0.29) is 11.5 Å². The fourth-order valence-corrected chi connectivity index (χ4v) is 2.66. The number of hydrogen-bond acceptors (Lipinski definition) is 10. The predicted octanol–water partition coefficient (Wildman–Crippen LogP) is 4.47. The van der Waals surface area contributed by atoms with Crippen LogP contribution in [0.3, 0.4) is 0 Å². The number of aromatic nitrogens is 4. The van der Waals surface area contributed by atoms with Gasteiger partial charge in [0.25, 0.3) is 0 Å². The predicted molar refractivity (Wildman–Crippen MR) is 114 cm³/mol. The van der Waals surface area contributed by atoms with Crippen molar-refractivity contribution in [2.45, 2.75) is 5.51 Å². The SMILES string of the molecule is O=S(=O)(Oc1ccc(Oc2cncnc2)cc1)C(F)(F)F.Oc1ccc(Oc2cncnc2)cc1. The van der Waals surface area contributed by atoms with Gasteiger partial charge in [-0.3, -0.25) is 0 Å². The Bertz CT molecular complexity index is 1310. The number of phenols is 1. The average Bonchev–Trinajstić information content (AvgIpc) is 2.83. The Morgan fingerprint density at radius 2 is 1.00 bits per heavy atom. The summed E-state index contributed by atoms with van der Waals surface area (Å²) >= 11 is 0. The summed E-state index contributed by atoms with van der Waals surface area (Å²) in [5.74, 6) is 1.50. The minimum absolute atomic E-state index is 0.210. The van der Waals surface area contributed by atoms with Gasteiger partial charge in [-0.05, 0) is 48.5 Å². The van der Waals surface area contributed by atoms with Gasteiger partial charge in [0.05, 0.1) is 24.8 Å². The standard InChI is InChI=1S/C11H7F3N2O4S.C10H8N2O2/c12-11(13,14)21(17,18)20-9-3-1-8(2-4-9)19-10-5-15-7-16-6-10;13-8-1-3-9(4-2-8)14-10-5-11-7-12-6-10/h1-7H;1-7,13H. The molecule has 10 nitrogen and oxygen atoms in total. The van der Waals surface area contributed by atoms with Crippen LogP contribution < -0.4 is 13.7 Å². The minimum Gasteiger partial charge on any atom is -0.508 e. The van der Waals surface area contributed by atoms with Gasteiger partial charge in [0.1, 0.15) is 35.7 Å². The highest BCUT2D eigenvalue weighted by Crippen LogP contribution is 2.29. The van der Waals surface area contributed by atoms with Crippen LogP contribution in [0.5, 0.6) is 34.5 Å². The van der Waals surface area contributed by atoms with Crippen LogP contribution in [0, 0.1) is 0 Å². The number of nitrogens with zero attached hydrogens (tertiary/aromatic N) is 4. The highest BCUT2D eigenvalue weighted by atomic mass is 32.2. The molecule has 0 aliphatic rings. The Labute approximate surface area is 196 Å². The molecular formula is C21H15F3N4O6S. The monoisotopic (exact) mass is 508 g/mol. The van der Waals surface area contributed by atoms with Gasteiger partial charge in [0.2, 0.25) is 0 Å². The molecule has 1 N–H and O–H groups in total. The largest absolute Gasteiger partial charge is 0.534 e. The summed E-state index contributed by atoms with van der Waals surface area (Å²) < 4.78 is 72.6. The molecule has 0 amide bonds. The molecule has 0 saturated carbocycles. The first-order valence-electron chi connectivity index (χ1n) is 9.38. The highest BCUT2D eigenvalue weighted by Gasteiger charge is 2.48. The molecule has 0 unspecified atom stereocenters. The van der Waals surface area contributed by atoms with E-state index in [1.807, 2.05) is 0 Å². The van der Waals surface area contributed by atoms with E-state index in [0.717, 1.165) is 12.1 Å². The lowest BCUT2D eigenvalue weighted by Crippen LogP contribution is -2.27. The van der Waals surface area contributed by atoms with Crippen molar-refractivity contribution < 1.29 is 40.4 Å². The summed E-state index contributed by atoms with van der Waals surface area (Å²) in [6.45, 7) is 0. The maximum Gasteiger partial charge on any atom is 0.534 e. The highest BCUT2D eigenvalue weighted by molar-refractivity contribution is 7.88. The lowest BCUT2D eigenvalue weighted by atomic mass is 10.3. The van der Waals surface area contributed by atoms with Gasteiger partial charge in [-0.2, -0.15) is 21.6 Å². The van der Waals surface area contributed by atoms with E-state index in [2.05, 4.69) is 24.1 Å². The van der Waals surface area contributed by atoms with E-state index >= 15 is 0 Å². The number of halogens is 3. The molecule has 0 fully saturated rings. The second-order valence-electron chi connectivity index (χ2n) is 6.30. The molecule has 0 bridgehead atoms. The first kappa shape index (κ1) is 25.2. The molecule has 4 rings (SSSR count). The maximum absolute atomic E-state index is 12.1. The third kappa shape index (κ3) is 7.82. The average molecular weight is 508 g/mol. The van der Waals surface area contributed by atoms with Crippen molar-refractivity contribution in [2.24, 2.45) is 0 Å². The minimum atomic E-state index is -5.68. The molecule has 2 aromatic heterocycles. The molecule has 182 valence electrons. The number of rotatable bonds is 6. The Balaban J connectivity index is 0.000000211. The van der Waals surface area contributed by atoms with Gasteiger partial charge >= 0.3 is 15.6 Å². The van der Waals surface area contributed by atoms with E-state index in [9.17, 15) is 21.6 Å². The van der Waals surface area contributed by atoms with E-state index in [0.29, 0.717) is 17.2 Å². The Morgan fingerprint density at radius 1 is 0.629 bits per heavy atom. The second-order valence-corrected chi connectivity index (χ2v) is 7.84. The third-order valence-corrected chi connectivity index (χ3v) is 4.67. The fourth-order valence-electron chi connectivity index (χ4n) is 2.20. The zero-order valence-electron chi connectivity index (χ0n) is 17.4. The topological polar surface area (TPSA) is 134 Å². The molecule has 35 heavy (non-hydrogen) atoms. The van der Waals surface area contributed by atoms with Crippen LogP contribution >= 0.6 is 0 Å². The first-order chi connectivity index (χ1) is 16.6. The Morgan fingerprint density at radius 3 is 1.40 bits per heavy atom. The van der Waals surface area contributed by atoms with Gasteiger partial charge in [-0.15, -0.1) is 0 Å². The van der Waals surface area contributed by atoms with Crippen molar-refractivity contribution in [3.05, 3.63) is 86.0 Å². The Hall–Kier alpha value is -4.46. The molecule has 0 atom stereocenters. The lowest BCUT2D eigenvalue weighted by molar-refractivity contribution is -0.0500. The number of alkyl halides is 3. The van der Waals surface area contributed by atoms with Crippen LogP contribution in [0.25, 0.3) is 0 Å². The van der Waals surface area contributed by atoms with Gasteiger partial charge < -0.3 is 18.8 Å². The van der Waals surface area contributed by atoms with Gasteiger partial charge in [-0.1, -0.05) is 0 Å². The molecule has 0 aliphatic heterocycles. The maximum atomic E-state index is 12.1. The summed E-state index contributed by atoms with van der Waals surface area (Å²) in [6, 6.07) is 11.0. The fraction of sp³-hybridized carbons (Fsp3) is 0.0476. The summed E-state index contributed by atoms with van der Waals surface area (Å²) in [7, 11) is -5.68. The van der Waals surface area contributed by atoms with Crippen molar-refractivity contribution in [1.82, 2.24) is 19.9 Å². The van der Waals surface area contributed by atoms with Gasteiger partial charge in [-0.25, -0.2) is 19.9 Å². The van der Waals surface area contributed by atoms with Crippen LogP contribution in [-0.4, -0.2) is 39.0 Å². The van der Waals surface area contributed by atoms with Crippen LogP contribution in [0.15, 0.2) is 86.0 Å². The van der Waals surface area contributed by atoms with Crippen LogP contribution in [-0.2, 0) is 10.1 Å². The van der Waals surface area contributed by atoms with Gasteiger partial charge in [0, 0.05) is 0 Å². The number of ether oxygens (including phenoxy) is 2. The molecule has 0 spiro atoms. The molecule has 0 radical (unpaired) electrons. The van der Waals surface area contributed by atoms with E-state index < -0.39 is 21.4 Å². The molecule has 2 heterocycles. The number of phenolic OH excluding ortho intramolecular Hbond substituents is 1. The molecule has 0 aliphatic carbocycles. The van der Waals surface area contributed by atoms with E-state index in [4.69, 9.17) is 14.6 Å². The summed E-state index contributed by atoms with van der Waals surface area (Å²) in [5.41, 5.74) is -5.48. The van der Waals surface area contributed by atoms with E-state index in [1.54, 1.807) is 36.7 Å². The van der Waals surface area contributed by atoms with Crippen molar-refractivity contribution in [1.29, 1.82) is 0 Å². The van der Waals surface area contributed by atoms with Crippen molar-refractivity contribution in [3.63, 3.8) is 0 Å². The molecule has 14 heteroatoms. The number of hydrogen-bond donors (Lipinski definition) is 1. The zero-order valence-corrected chi connectivity index (χ0v) is 18.2. The first-order valence-corrected chi connectivity index (χ1v) is 10.8. The van der Waals surface area contributed by atoms with Crippen molar-refractivity contribution in [2.75, 3.05) is 0 Å². The van der Waals surface area contributed by atoms with Crippen molar-refractivity contribution in [3.8, 4) is 34.5 Å². The van der Waals surface area contributed by atoms with E-state index in [1.165, 1.54) is 37.2 Å². The summed E-state index contributed by atoms with van der Waals surface area (Å²) in [6.07, 6.45) is 8.63. The molecule has 4 aromatic rings. The molecule has 0 saturated heterocycles. The second kappa shape index (κ2) is 11.1. The molecular weight excluding hydrogens is 493 g/mol. The summed E-state index contributed by atoms with van der Waals surface area (Å²) in [4.78, 5) is 15.0. The molecule has 2 aromatic carbocycles. The van der Waals surface area contributed by atoms with Crippen LogP contribution in [0.2, 0.25) is 0 Å². The smallest absolute Gasteiger partial charge is 0.508 e. The van der Waals surface area contributed by atoms with Crippen molar-refractivity contribution >= 4 is 10.1 Å².